The zero-order valence-electron chi connectivity index (χ0n) is 12.5. The maximum absolute atomic E-state index is 13.6. The van der Waals surface area contributed by atoms with E-state index in [9.17, 15) is 18.4 Å². The molecule has 1 fully saturated rings. The maximum atomic E-state index is 13.6. The molecule has 2 heterocycles. The predicted molar refractivity (Wildman–Crippen MR) is 78.3 cm³/mol. The minimum atomic E-state index is -1.14. The average Bonchev–Trinajstić information content (AvgIpc) is 3.04. The third-order valence-corrected chi connectivity index (χ3v) is 3.79. The Hall–Kier alpha value is -2.28. The Kier molecular flexibility index (Phi) is 4.12. The van der Waals surface area contributed by atoms with Gasteiger partial charge in [0.05, 0.1) is 12.1 Å². The molecule has 0 spiro atoms. The fraction of sp³-hybridized carbons (Fsp3) is 0.375. The summed E-state index contributed by atoms with van der Waals surface area (Å²) in [5, 5.41) is -0.0787. The summed E-state index contributed by atoms with van der Waals surface area (Å²) in [6.45, 7) is 2.25. The zero-order chi connectivity index (χ0) is 16.6. The van der Waals surface area contributed by atoms with E-state index >= 15 is 0 Å². The van der Waals surface area contributed by atoms with Crippen molar-refractivity contribution in [3.05, 3.63) is 45.8 Å². The molecule has 1 aromatic carbocycles. The minimum Gasteiger partial charge on any atom is -0.462 e. The summed E-state index contributed by atoms with van der Waals surface area (Å²) in [7, 11) is 0. The number of hydrogen-bond acceptors (Lipinski definition) is 4. The van der Waals surface area contributed by atoms with Crippen molar-refractivity contribution in [3.63, 3.8) is 0 Å². The highest BCUT2D eigenvalue weighted by atomic mass is 19.2. The number of nitrogens with zero attached hydrogens (tertiary/aromatic N) is 1. The van der Waals surface area contributed by atoms with Gasteiger partial charge in [-0.25, -0.2) is 13.6 Å². The van der Waals surface area contributed by atoms with Crippen molar-refractivity contribution in [2.45, 2.75) is 26.0 Å². The largest absolute Gasteiger partial charge is 0.462 e. The molecule has 0 bridgehead atoms. The van der Waals surface area contributed by atoms with Crippen LogP contribution in [0.25, 0.3) is 10.9 Å². The van der Waals surface area contributed by atoms with E-state index < -0.39 is 29.3 Å². The minimum absolute atomic E-state index is 0.0787. The first-order valence-corrected chi connectivity index (χ1v) is 7.35. The van der Waals surface area contributed by atoms with E-state index in [-0.39, 0.29) is 23.1 Å². The molecule has 1 aliphatic heterocycles. The summed E-state index contributed by atoms with van der Waals surface area (Å²) in [6.07, 6.45) is 2.32. The van der Waals surface area contributed by atoms with Crippen LogP contribution in [-0.2, 0) is 9.47 Å². The Bertz CT molecular complexity index is 825. The van der Waals surface area contributed by atoms with Gasteiger partial charge in [0, 0.05) is 24.3 Å². The number of carbonyl (C=O) groups excluding carboxylic acids is 1. The number of carbonyl (C=O) groups is 1. The van der Waals surface area contributed by atoms with Gasteiger partial charge in [-0.05, 0) is 25.8 Å². The van der Waals surface area contributed by atoms with Crippen molar-refractivity contribution in [1.29, 1.82) is 0 Å². The van der Waals surface area contributed by atoms with Gasteiger partial charge in [-0.15, -0.1) is 0 Å². The second kappa shape index (κ2) is 6.08. The first-order chi connectivity index (χ1) is 11.0. The Morgan fingerprint density at radius 1 is 1.39 bits per heavy atom. The van der Waals surface area contributed by atoms with Crippen LogP contribution in [0.4, 0.5) is 8.78 Å². The number of ether oxygens (including phenoxy) is 2. The molecule has 1 atom stereocenters. The van der Waals surface area contributed by atoms with Crippen LogP contribution < -0.4 is 5.43 Å². The Morgan fingerprint density at radius 2 is 2.13 bits per heavy atom. The number of hydrogen-bond donors (Lipinski definition) is 0. The molecular formula is C16H15F2NO4. The highest BCUT2D eigenvalue weighted by molar-refractivity contribution is 5.93. The van der Waals surface area contributed by atoms with Crippen LogP contribution in [0.1, 0.15) is 36.4 Å². The first-order valence-electron chi connectivity index (χ1n) is 7.35. The van der Waals surface area contributed by atoms with Gasteiger partial charge in [0.1, 0.15) is 11.8 Å². The summed E-state index contributed by atoms with van der Waals surface area (Å²) in [6, 6.07) is 1.75. The topological polar surface area (TPSA) is 57.5 Å². The molecule has 2 aromatic rings. The van der Waals surface area contributed by atoms with Crippen LogP contribution in [-0.4, -0.2) is 23.8 Å². The van der Waals surface area contributed by atoms with Crippen molar-refractivity contribution in [2.24, 2.45) is 0 Å². The third-order valence-electron chi connectivity index (χ3n) is 3.79. The van der Waals surface area contributed by atoms with Crippen LogP contribution in [0.15, 0.2) is 23.1 Å². The SMILES string of the molecule is CCOC(=O)c1cn(C2CCCO2)c2cc(F)c(F)cc2c1=O. The normalized spacial score (nSPS) is 17.6. The van der Waals surface area contributed by atoms with E-state index in [0.717, 1.165) is 18.6 Å². The van der Waals surface area contributed by atoms with Crippen LogP contribution in [0.3, 0.4) is 0 Å². The van der Waals surface area contributed by atoms with Crippen molar-refractivity contribution in [3.8, 4) is 0 Å². The molecule has 3 rings (SSSR count). The standard InChI is InChI=1S/C16H15F2NO4/c1-2-22-16(21)10-8-19(14-4-3-5-23-14)13-7-12(18)11(17)6-9(13)15(10)20/h6-8,14H,2-5H2,1H3. The number of rotatable bonds is 3. The van der Waals surface area contributed by atoms with Crippen LogP contribution >= 0.6 is 0 Å². The molecule has 0 saturated carbocycles. The van der Waals surface area contributed by atoms with Gasteiger partial charge in [0.2, 0.25) is 5.43 Å². The van der Waals surface area contributed by atoms with E-state index in [1.54, 1.807) is 6.92 Å². The molecule has 23 heavy (non-hydrogen) atoms. The molecule has 0 N–H and O–H groups in total. The summed E-state index contributed by atoms with van der Waals surface area (Å²) in [5.74, 6) is -3.00. The van der Waals surface area contributed by atoms with Crippen LogP contribution in [0.5, 0.6) is 0 Å². The van der Waals surface area contributed by atoms with Gasteiger partial charge in [0.25, 0.3) is 0 Å². The van der Waals surface area contributed by atoms with Gasteiger partial charge < -0.3 is 14.0 Å². The smallest absolute Gasteiger partial charge is 0.343 e. The number of benzene rings is 1. The molecule has 0 amide bonds. The second-order valence-corrected chi connectivity index (χ2v) is 5.25. The van der Waals surface area contributed by atoms with Gasteiger partial charge in [-0.1, -0.05) is 0 Å². The summed E-state index contributed by atoms with van der Waals surface area (Å²) >= 11 is 0. The van der Waals surface area contributed by atoms with Crippen LogP contribution in [0, 0.1) is 11.6 Å². The lowest BCUT2D eigenvalue weighted by Gasteiger charge is -2.18. The number of halogens is 2. The van der Waals surface area contributed by atoms with Gasteiger partial charge in [-0.2, -0.15) is 0 Å². The van der Waals surface area contributed by atoms with E-state index in [4.69, 9.17) is 9.47 Å². The second-order valence-electron chi connectivity index (χ2n) is 5.25. The maximum Gasteiger partial charge on any atom is 0.343 e. The van der Waals surface area contributed by atoms with Gasteiger partial charge in [0.15, 0.2) is 11.6 Å². The van der Waals surface area contributed by atoms with E-state index in [2.05, 4.69) is 0 Å². The molecule has 7 heteroatoms. The molecule has 1 aliphatic rings. The Balaban J connectivity index is 2.30. The van der Waals surface area contributed by atoms with Crippen molar-refractivity contribution >= 4 is 16.9 Å². The first kappa shape index (κ1) is 15.6. The van der Waals surface area contributed by atoms with Gasteiger partial charge >= 0.3 is 5.97 Å². The van der Waals surface area contributed by atoms with Crippen molar-refractivity contribution in [2.75, 3.05) is 13.2 Å². The monoisotopic (exact) mass is 323 g/mol. The highest BCUT2D eigenvalue weighted by Crippen LogP contribution is 2.27. The lowest BCUT2D eigenvalue weighted by Crippen LogP contribution is -2.23. The molecule has 0 radical (unpaired) electrons. The Labute approximate surface area is 130 Å². The summed E-state index contributed by atoms with van der Waals surface area (Å²) in [4.78, 5) is 24.4. The van der Waals surface area contributed by atoms with E-state index in [1.807, 2.05) is 0 Å². The van der Waals surface area contributed by atoms with Crippen molar-refractivity contribution < 1.29 is 23.0 Å². The number of aromatic nitrogens is 1. The molecule has 5 nitrogen and oxygen atoms in total. The third kappa shape index (κ3) is 2.72. The fourth-order valence-electron chi connectivity index (χ4n) is 2.72. The molecular weight excluding hydrogens is 308 g/mol. The number of fused-ring (bicyclic) bond motifs is 1. The average molecular weight is 323 g/mol. The Morgan fingerprint density at radius 3 is 2.78 bits per heavy atom. The predicted octanol–water partition coefficient (Wildman–Crippen LogP) is 2.77. The number of pyridine rings is 1. The quantitative estimate of drug-likeness (QED) is 0.815. The molecule has 1 unspecified atom stereocenters. The summed E-state index contributed by atoms with van der Waals surface area (Å²) < 4.78 is 39.1. The number of esters is 1. The van der Waals surface area contributed by atoms with Crippen molar-refractivity contribution in [1.82, 2.24) is 4.57 Å². The lowest BCUT2D eigenvalue weighted by molar-refractivity contribution is 0.0509. The molecule has 1 saturated heterocycles. The highest BCUT2D eigenvalue weighted by Gasteiger charge is 2.24. The summed E-state index contributed by atoms with van der Waals surface area (Å²) in [5.41, 5.74) is -0.721. The molecule has 122 valence electrons. The molecule has 1 aromatic heterocycles. The van der Waals surface area contributed by atoms with Crippen LogP contribution in [0.2, 0.25) is 0 Å². The van der Waals surface area contributed by atoms with E-state index in [0.29, 0.717) is 13.0 Å². The van der Waals surface area contributed by atoms with Gasteiger partial charge in [-0.3, -0.25) is 4.79 Å². The lowest BCUT2D eigenvalue weighted by atomic mass is 10.1. The zero-order valence-corrected chi connectivity index (χ0v) is 12.5. The fourth-order valence-corrected chi connectivity index (χ4v) is 2.72. The van der Waals surface area contributed by atoms with E-state index in [1.165, 1.54) is 10.8 Å². The molecule has 0 aliphatic carbocycles.